The van der Waals surface area contributed by atoms with Crippen LogP contribution in [-0.4, -0.2) is 12.5 Å². The van der Waals surface area contributed by atoms with E-state index < -0.39 is 0 Å². The number of aliphatic imine (C=N–C) groups is 1. The maximum absolute atomic E-state index is 6.32. The molecule has 1 unspecified atom stereocenters. The molecule has 0 radical (unpaired) electrons. The molecule has 1 aliphatic rings. The minimum Gasteiger partial charge on any atom is -0.369 e. The number of hydrogen-bond acceptors (Lipinski definition) is 3. The molecular formula is C15H12BrCl2N3. The summed E-state index contributed by atoms with van der Waals surface area (Å²) in [6, 6.07) is 13.4. The van der Waals surface area contributed by atoms with Gasteiger partial charge in [0.25, 0.3) is 0 Å². The second-order valence-corrected chi connectivity index (χ2v) is 6.49. The Kier molecular flexibility index (Phi) is 4.11. The van der Waals surface area contributed by atoms with Crippen LogP contribution in [0, 0.1) is 0 Å². The van der Waals surface area contributed by atoms with Crippen molar-refractivity contribution in [1.29, 1.82) is 0 Å². The molecule has 1 atom stereocenters. The largest absolute Gasteiger partial charge is 0.369 e. The van der Waals surface area contributed by atoms with Crippen molar-refractivity contribution >= 4 is 50.8 Å². The minimum atomic E-state index is -0.0176. The number of guanidine groups is 1. The quantitative estimate of drug-likeness (QED) is 0.819. The Morgan fingerprint density at radius 1 is 1.14 bits per heavy atom. The second kappa shape index (κ2) is 5.87. The lowest BCUT2D eigenvalue weighted by atomic mass is 10.1. The lowest BCUT2D eigenvalue weighted by Crippen LogP contribution is -2.36. The Hall–Kier alpha value is -1.23. The standard InChI is InChI=1S/C15H12BrCl2N3/c16-9-1-4-11(5-2-9)21-14(8-20-15(21)19)12-6-3-10(17)7-13(12)18/h1-7,14H,8H2,(H2,19,20). The molecule has 0 spiro atoms. The lowest BCUT2D eigenvalue weighted by Gasteiger charge is -2.27. The number of nitrogens with two attached hydrogens (primary N) is 1. The van der Waals surface area contributed by atoms with E-state index in [-0.39, 0.29) is 6.04 Å². The van der Waals surface area contributed by atoms with E-state index in [2.05, 4.69) is 20.9 Å². The summed E-state index contributed by atoms with van der Waals surface area (Å²) in [5.41, 5.74) is 8.00. The zero-order chi connectivity index (χ0) is 15.0. The highest BCUT2D eigenvalue weighted by atomic mass is 79.9. The average molecular weight is 385 g/mol. The molecule has 0 bridgehead atoms. The summed E-state index contributed by atoms with van der Waals surface area (Å²) in [5, 5.41) is 1.24. The van der Waals surface area contributed by atoms with Gasteiger partial charge in [0.05, 0.1) is 12.6 Å². The zero-order valence-corrected chi connectivity index (χ0v) is 14.0. The van der Waals surface area contributed by atoms with Crippen molar-refractivity contribution in [2.24, 2.45) is 10.7 Å². The van der Waals surface area contributed by atoms with Crippen LogP contribution in [-0.2, 0) is 0 Å². The number of hydrogen-bond donors (Lipinski definition) is 1. The van der Waals surface area contributed by atoms with Gasteiger partial charge in [-0.15, -0.1) is 0 Å². The van der Waals surface area contributed by atoms with Gasteiger partial charge in [0.15, 0.2) is 5.96 Å². The Bertz CT molecular complexity index is 701. The minimum absolute atomic E-state index is 0.0176. The molecule has 2 N–H and O–H groups in total. The van der Waals surface area contributed by atoms with Gasteiger partial charge in [0.2, 0.25) is 0 Å². The van der Waals surface area contributed by atoms with Gasteiger partial charge >= 0.3 is 0 Å². The summed E-state index contributed by atoms with van der Waals surface area (Å²) in [6.45, 7) is 0.573. The molecule has 108 valence electrons. The number of nitrogens with zero attached hydrogens (tertiary/aromatic N) is 2. The predicted octanol–water partition coefficient (Wildman–Crippen LogP) is 4.63. The van der Waals surface area contributed by atoms with E-state index in [1.54, 1.807) is 6.07 Å². The lowest BCUT2D eigenvalue weighted by molar-refractivity contribution is 0.769. The molecule has 0 saturated carbocycles. The highest BCUT2D eigenvalue weighted by Crippen LogP contribution is 2.36. The predicted molar refractivity (Wildman–Crippen MR) is 92.3 cm³/mol. The fraction of sp³-hybridized carbons (Fsp3) is 0.133. The van der Waals surface area contributed by atoms with Crippen molar-refractivity contribution in [2.75, 3.05) is 11.4 Å². The van der Waals surface area contributed by atoms with Crippen molar-refractivity contribution in [3.63, 3.8) is 0 Å². The second-order valence-electron chi connectivity index (χ2n) is 4.73. The van der Waals surface area contributed by atoms with Crippen molar-refractivity contribution < 1.29 is 0 Å². The van der Waals surface area contributed by atoms with Crippen LogP contribution in [0.4, 0.5) is 5.69 Å². The fourth-order valence-electron chi connectivity index (χ4n) is 2.42. The van der Waals surface area contributed by atoms with Crippen LogP contribution < -0.4 is 10.6 Å². The highest BCUT2D eigenvalue weighted by molar-refractivity contribution is 9.10. The fourth-order valence-corrected chi connectivity index (χ4v) is 3.22. The first-order valence-corrected chi connectivity index (χ1v) is 7.91. The third kappa shape index (κ3) is 2.89. The maximum Gasteiger partial charge on any atom is 0.196 e. The molecule has 0 saturated heterocycles. The molecule has 0 amide bonds. The normalized spacial score (nSPS) is 18.0. The van der Waals surface area contributed by atoms with Gasteiger partial charge in [0, 0.05) is 20.2 Å². The monoisotopic (exact) mass is 383 g/mol. The summed E-state index contributed by atoms with van der Waals surface area (Å²) in [4.78, 5) is 6.34. The van der Waals surface area contributed by atoms with Crippen LogP contribution in [0.3, 0.4) is 0 Å². The number of anilines is 1. The van der Waals surface area contributed by atoms with Gasteiger partial charge in [0.1, 0.15) is 0 Å². The summed E-state index contributed by atoms with van der Waals surface area (Å²) in [6.07, 6.45) is 0. The highest BCUT2D eigenvalue weighted by Gasteiger charge is 2.30. The van der Waals surface area contributed by atoms with Crippen molar-refractivity contribution in [3.05, 3.63) is 62.5 Å². The number of benzene rings is 2. The van der Waals surface area contributed by atoms with E-state index in [4.69, 9.17) is 28.9 Å². The molecule has 3 nitrogen and oxygen atoms in total. The van der Waals surface area contributed by atoms with Crippen LogP contribution in [0.5, 0.6) is 0 Å². The van der Waals surface area contributed by atoms with E-state index in [0.29, 0.717) is 22.5 Å². The number of rotatable bonds is 2. The molecule has 0 aliphatic carbocycles. The van der Waals surface area contributed by atoms with Crippen molar-refractivity contribution in [2.45, 2.75) is 6.04 Å². The first kappa shape index (κ1) is 14.7. The molecule has 0 aromatic heterocycles. The average Bonchev–Trinajstić information content (AvgIpc) is 2.82. The van der Waals surface area contributed by atoms with Crippen LogP contribution in [0.15, 0.2) is 51.9 Å². The molecule has 3 rings (SSSR count). The van der Waals surface area contributed by atoms with Gasteiger partial charge < -0.3 is 10.6 Å². The zero-order valence-electron chi connectivity index (χ0n) is 10.9. The molecule has 2 aromatic rings. The van der Waals surface area contributed by atoms with E-state index >= 15 is 0 Å². The van der Waals surface area contributed by atoms with Crippen LogP contribution >= 0.6 is 39.1 Å². The third-order valence-corrected chi connectivity index (χ3v) is 4.50. The topological polar surface area (TPSA) is 41.6 Å². The third-order valence-electron chi connectivity index (χ3n) is 3.41. The van der Waals surface area contributed by atoms with Gasteiger partial charge in [-0.2, -0.15) is 0 Å². The Morgan fingerprint density at radius 3 is 2.52 bits per heavy atom. The molecule has 2 aromatic carbocycles. The van der Waals surface area contributed by atoms with Gasteiger partial charge in [-0.3, -0.25) is 4.99 Å². The maximum atomic E-state index is 6.32. The van der Waals surface area contributed by atoms with Gasteiger partial charge in [-0.1, -0.05) is 45.2 Å². The SMILES string of the molecule is NC1=NCC(c2ccc(Cl)cc2Cl)N1c1ccc(Br)cc1. The van der Waals surface area contributed by atoms with Gasteiger partial charge in [-0.05, 0) is 42.0 Å². The molecule has 1 aliphatic heterocycles. The van der Waals surface area contributed by atoms with Crippen molar-refractivity contribution in [1.82, 2.24) is 0 Å². The summed E-state index contributed by atoms with van der Waals surface area (Å²) >= 11 is 15.7. The summed E-state index contributed by atoms with van der Waals surface area (Å²) in [5.74, 6) is 0.494. The first-order chi connectivity index (χ1) is 10.1. The molecule has 0 fully saturated rings. The van der Waals surface area contributed by atoms with E-state index in [0.717, 1.165) is 15.7 Å². The summed E-state index contributed by atoms with van der Waals surface area (Å²) in [7, 11) is 0. The molecule has 21 heavy (non-hydrogen) atoms. The van der Waals surface area contributed by atoms with E-state index in [1.165, 1.54) is 0 Å². The van der Waals surface area contributed by atoms with Crippen LogP contribution in [0.25, 0.3) is 0 Å². The molecule has 6 heteroatoms. The van der Waals surface area contributed by atoms with Crippen LogP contribution in [0.1, 0.15) is 11.6 Å². The molecular weight excluding hydrogens is 373 g/mol. The molecule has 1 heterocycles. The Balaban J connectivity index is 2.00. The smallest absolute Gasteiger partial charge is 0.196 e. The number of halogens is 3. The Morgan fingerprint density at radius 2 is 1.86 bits per heavy atom. The van der Waals surface area contributed by atoms with E-state index in [1.807, 2.05) is 41.3 Å². The van der Waals surface area contributed by atoms with Crippen LogP contribution in [0.2, 0.25) is 10.0 Å². The summed E-state index contributed by atoms with van der Waals surface area (Å²) < 4.78 is 1.02. The Labute approximate surface area is 141 Å². The first-order valence-electron chi connectivity index (χ1n) is 6.36. The van der Waals surface area contributed by atoms with Crippen molar-refractivity contribution in [3.8, 4) is 0 Å². The van der Waals surface area contributed by atoms with E-state index in [9.17, 15) is 0 Å². The van der Waals surface area contributed by atoms with Gasteiger partial charge in [-0.25, -0.2) is 0 Å².